The third-order valence-electron chi connectivity index (χ3n) is 6.04. The van der Waals surface area contributed by atoms with Crippen molar-refractivity contribution >= 4 is 17.3 Å². The summed E-state index contributed by atoms with van der Waals surface area (Å²) in [6, 6.07) is 5.49. The molecule has 1 fully saturated rings. The summed E-state index contributed by atoms with van der Waals surface area (Å²) in [6.45, 7) is 7.89. The summed E-state index contributed by atoms with van der Waals surface area (Å²) in [6.07, 6.45) is 4.71. The fourth-order valence-corrected chi connectivity index (χ4v) is 4.29. The van der Waals surface area contributed by atoms with Gasteiger partial charge in [-0.15, -0.1) is 0 Å². The van der Waals surface area contributed by atoms with Crippen molar-refractivity contribution in [2.24, 2.45) is 16.5 Å². The Kier molecular flexibility index (Phi) is 4.52. The van der Waals surface area contributed by atoms with E-state index < -0.39 is 0 Å². The number of hydrogen-bond donors (Lipinski definition) is 1. The summed E-state index contributed by atoms with van der Waals surface area (Å²) < 4.78 is 11.2. The van der Waals surface area contributed by atoms with Crippen molar-refractivity contribution in [3.63, 3.8) is 0 Å². The van der Waals surface area contributed by atoms with Gasteiger partial charge in [0.1, 0.15) is 24.5 Å². The lowest BCUT2D eigenvalue weighted by Gasteiger charge is -2.40. The molecule has 0 unspecified atom stereocenters. The lowest BCUT2D eigenvalue weighted by atomic mass is 9.67. The lowest BCUT2D eigenvalue weighted by Crippen LogP contribution is -2.38. The third kappa shape index (κ3) is 3.62. The molecule has 1 saturated carbocycles. The van der Waals surface area contributed by atoms with Crippen molar-refractivity contribution in [1.29, 1.82) is 0 Å². The number of para-hydroxylation sites is 1. The summed E-state index contributed by atoms with van der Waals surface area (Å²) >= 11 is 0. The number of rotatable bonds is 2. The number of nitrogens with one attached hydrogen (secondary N) is 1. The first-order chi connectivity index (χ1) is 12.9. The first kappa shape index (κ1) is 18.1. The zero-order valence-corrected chi connectivity index (χ0v) is 16.3. The normalized spacial score (nSPS) is 27.1. The second-order valence-electron chi connectivity index (χ2n) is 8.91. The second-order valence-corrected chi connectivity index (χ2v) is 8.91. The second kappa shape index (κ2) is 6.73. The minimum atomic E-state index is -0.301. The molecule has 1 aliphatic carbocycles. The van der Waals surface area contributed by atoms with Crippen molar-refractivity contribution in [1.82, 2.24) is 0 Å². The van der Waals surface area contributed by atoms with Crippen molar-refractivity contribution in [2.45, 2.75) is 58.5 Å². The summed E-state index contributed by atoms with van der Waals surface area (Å²) in [4.78, 5) is 18.5. The van der Waals surface area contributed by atoms with Crippen LogP contribution in [0.5, 0.6) is 11.5 Å². The van der Waals surface area contributed by atoms with Gasteiger partial charge in [0, 0.05) is 6.42 Å². The Morgan fingerprint density at radius 2 is 1.93 bits per heavy atom. The monoisotopic (exact) mass is 372 g/mol. The van der Waals surface area contributed by atoms with Gasteiger partial charge in [-0.25, -0.2) is 0 Å². The number of carbonyl (C=O) groups is 1. The van der Waals surface area contributed by atoms with Crippen LogP contribution in [-0.2, 0) is 9.63 Å². The first-order valence-electron chi connectivity index (χ1n) is 9.81. The van der Waals surface area contributed by atoms with E-state index in [4.69, 9.17) is 14.3 Å². The predicted molar refractivity (Wildman–Crippen MR) is 103 cm³/mol. The van der Waals surface area contributed by atoms with Crippen LogP contribution in [-0.4, -0.2) is 30.4 Å². The van der Waals surface area contributed by atoms with Gasteiger partial charge in [-0.3, -0.25) is 4.79 Å². The number of hydrogen-bond acceptors (Lipinski definition) is 5. The Bertz CT molecular complexity index is 758. The maximum Gasteiger partial charge on any atom is 0.273 e. The van der Waals surface area contributed by atoms with E-state index in [0.29, 0.717) is 53.9 Å². The summed E-state index contributed by atoms with van der Waals surface area (Å²) in [5, 5.41) is 7.05. The summed E-state index contributed by atoms with van der Waals surface area (Å²) in [7, 11) is 0. The molecule has 4 rings (SSSR count). The highest BCUT2D eigenvalue weighted by atomic mass is 16.7. The molecule has 6 heteroatoms. The zero-order valence-electron chi connectivity index (χ0n) is 16.3. The van der Waals surface area contributed by atoms with Crippen LogP contribution < -0.4 is 14.8 Å². The average Bonchev–Trinajstić information content (AvgIpc) is 3.05. The van der Waals surface area contributed by atoms with Gasteiger partial charge >= 0.3 is 0 Å². The first-order valence-corrected chi connectivity index (χ1v) is 9.81. The average molecular weight is 372 g/mol. The highest BCUT2D eigenvalue weighted by Gasteiger charge is 2.45. The van der Waals surface area contributed by atoms with Gasteiger partial charge in [0.05, 0.1) is 5.69 Å². The Labute approximate surface area is 160 Å². The minimum absolute atomic E-state index is 0.229. The molecule has 2 heterocycles. The maximum atomic E-state index is 12.7. The van der Waals surface area contributed by atoms with Gasteiger partial charge in [-0.1, -0.05) is 32.0 Å². The van der Waals surface area contributed by atoms with Gasteiger partial charge in [-0.2, -0.15) is 0 Å². The lowest BCUT2D eigenvalue weighted by molar-refractivity contribution is -0.110. The van der Waals surface area contributed by atoms with Gasteiger partial charge in [0.25, 0.3) is 5.91 Å². The zero-order chi connectivity index (χ0) is 19.1. The van der Waals surface area contributed by atoms with Gasteiger partial charge in [0.2, 0.25) is 0 Å². The summed E-state index contributed by atoms with van der Waals surface area (Å²) in [5.41, 5.74) is 1.08. The van der Waals surface area contributed by atoms with Crippen LogP contribution >= 0.6 is 0 Å². The Morgan fingerprint density at radius 3 is 2.67 bits per heavy atom. The molecule has 2 aliphatic heterocycles. The predicted octanol–water partition coefficient (Wildman–Crippen LogP) is 4.15. The fourth-order valence-electron chi connectivity index (χ4n) is 4.29. The van der Waals surface area contributed by atoms with E-state index >= 15 is 0 Å². The van der Waals surface area contributed by atoms with Crippen LogP contribution in [0.15, 0.2) is 23.4 Å². The molecule has 0 saturated heterocycles. The van der Waals surface area contributed by atoms with Crippen molar-refractivity contribution in [3.05, 3.63) is 18.2 Å². The Morgan fingerprint density at radius 1 is 1.19 bits per heavy atom. The number of fused-ring (bicyclic) bond motifs is 1. The molecule has 0 atom stereocenters. The van der Waals surface area contributed by atoms with Gasteiger partial charge in [-0.05, 0) is 49.1 Å². The molecule has 1 N–H and O–H groups in total. The SMILES string of the molecule is CC(C)(C)C1CCC2(CC1)CC(C(=O)Nc1cccc3c1OCCO3)=NO2. The number of amides is 1. The molecule has 6 nitrogen and oxygen atoms in total. The van der Waals surface area contributed by atoms with E-state index in [1.165, 1.54) is 0 Å². The number of oxime groups is 1. The van der Waals surface area contributed by atoms with Crippen molar-refractivity contribution < 1.29 is 19.1 Å². The number of nitrogens with zero attached hydrogens (tertiary/aromatic N) is 1. The topological polar surface area (TPSA) is 69.2 Å². The van der Waals surface area contributed by atoms with Crippen LogP contribution in [0.1, 0.15) is 52.9 Å². The highest BCUT2D eigenvalue weighted by Crippen LogP contribution is 2.46. The molecule has 1 amide bonds. The van der Waals surface area contributed by atoms with E-state index in [1.807, 2.05) is 18.2 Å². The van der Waals surface area contributed by atoms with Gasteiger partial charge in [0.15, 0.2) is 11.5 Å². The molecule has 1 spiro atoms. The molecule has 0 bridgehead atoms. The number of benzene rings is 1. The van der Waals surface area contributed by atoms with E-state index in [0.717, 1.165) is 25.7 Å². The van der Waals surface area contributed by atoms with Crippen molar-refractivity contribution in [3.8, 4) is 11.5 Å². The molecule has 3 aliphatic rings. The van der Waals surface area contributed by atoms with E-state index in [2.05, 4.69) is 31.2 Å². The van der Waals surface area contributed by atoms with E-state index in [9.17, 15) is 4.79 Å². The van der Waals surface area contributed by atoms with Crippen LogP contribution in [0.25, 0.3) is 0 Å². The molecular formula is C21H28N2O4. The van der Waals surface area contributed by atoms with Crippen LogP contribution in [0.3, 0.4) is 0 Å². The van der Waals surface area contributed by atoms with Crippen LogP contribution in [0, 0.1) is 11.3 Å². The smallest absolute Gasteiger partial charge is 0.273 e. The fraction of sp³-hybridized carbons (Fsp3) is 0.619. The highest BCUT2D eigenvalue weighted by molar-refractivity contribution is 6.43. The van der Waals surface area contributed by atoms with Gasteiger partial charge < -0.3 is 19.6 Å². The molecule has 146 valence electrons. The van der Waals surface area contributed by atoms with Crippen LogP contribution in [0.4, 0.5) is 5.69 Å². The molecule has 1 aromatic rings. The molecule has 0 aromatic heterocycles. The number of anilines is 1. The maximum absolute atomic E-state index is 12.7. The quantitative estimate of drug-likeness (QED) is 0.847. The largest absolute Gasteiger partial charge is 0.486 e. The standard InChI is InChI=1S/C21H28N2O4/c1-20(2,3)14-7-9-21(10-8-14)13-16(23-27-21)19(24)22-15-5-4-6-17-18(15)26-12-11-25-17/h4-6,14H,7-13H2,1-3H3,(H,22,24). The molecule has 27 heavy (non-hydrogen) atoms. The third-order valence-corrected chi connectivity index (χ3v) is 6.04. The number of carbonyl (C=O) groups excluding carboxylic acids is 1. The van der Waals surface area contributed by atoms with Crippen molar-refractivity contribution in [2.75, 3.05) is 18.5 Å². The number of ether oxygens (including phenoxy) is 2. The molecule has 0 radical (unpaired) electrons. The van der Waals surface area contributed by atoms with E-state index in [-0.39, 0.29) is 11.5 Å². The molecular weight excluding hydrogens is 344 g/mol. The minimum Gasteiger partial charge on any atom is -0.486 e. The Hall–Kier alpha value is -2.24. The summed E-state index contributed by atoms with van der Waals surface area (Å²) in [5.74, 6) is 1.70. The van der Waals surface area contributed by atoms with Crippen LogP contribution in [0.2, 0.25) is 0 Å². The molecule has 1 aromatic carbocycles. The Balaban J connectivity index is 1.39. The van der Waals surface area contributed by atoms with E-state index in [1.54, 1.807) is 0 Å².